The molecule has 0 aliphatic carbocycles. The second-order valence-electron chi connectivity index (χ2n) is 4.49. The Labute approximate surface area is 91.3 Å². The number of hydrogen-bond donors (Lipinski definition) is 1. The van der Waals surface area contributed by atoms with Gasteiger partial charge in [-0.05, 0) is 38.3 Å². The summed E-state index contributed by atoms with van der Waals surface area (Å²) >= 11 is 0. The summed E-state index contributed by atoms with van der Waals surface area (Å²) in [7, 11) is 0. The molecule has 3 nitrogen and oxygen atoms in total. The van der Waals surface area contributed by atoms with E-state index in [0.29, 0.717) is 12.0 Å². The Kier molecular flexibility index (Phi) is 2.91. The molecule has 0 bridgehead atoms. The molecule has 1 saturated heterocycles. The van der Waals surface area contributed by atoms with Crippen LogP contribution in [0.2, 0.25) is 0 Å². The topological polar surface area (TPSA) is 42.1 Å². The molecule has 2 N–H and O–H groups in total. The van der Waals surface area contributed by atoms with Crippen LogP contribution in [-0.4, -0.2) is 24.1 Å². The van der Waals surface area contributed by atoms with Crippen molar-refractivity contribution in [2.75, 3.05) is 18.0 Å². The van der Waals surface area contributed by atoms with Gasteiger partial charge in [-0.3, -0.25) is 0 Å². The van der Waals surface area contributed by atoms with Gasteiger partial charge in [-0.1, -0.05) is 6.07 Å². The van der Waals surface area contributed by atoms with E-state index in [2.05, 4.69) is 28.9 Å². The number of hydrogen-bond acceptors (Lipinski definition) is 3. The van der Waals surface area contributed by atoms with Crippen molar-refractivity contribution in [3.8, 4) is 0 Å². The lowest BCUT2D eigenvalue weighted by molar-refractivity contribution is 0.488. The van der Waals surface area contributed by atoms with Crippen LogP contribution in [0.5, 0.6) is 0 Å². The van der Waals surface area contributed by atoms with Gasteiger partial charge in [0.1, 0.15) is 5.82 Å². The molecular weight excluding hydrogens is 186 g/mol. The van der Waals surface area contributed by atoms with Crippen LogP contribution in [0, 0.1) is 12.8 Å². The summed E-state index contributed by atoms with van der Waals surface area (Å²) in [6.07, 6.45) is 1.19. The quantitative estimate of drug-likeness (QED) is 0.796. The van der Waals surface area contributed by atoms with Gasteiger partial charge in [0.2, 0.25) is 0 Å². The van der Waals surface area contributed by atoms with Crippen molar-refractivity contribution in [2.45, 2.75) is 26.3 Å². The van der Waals surface area contributed by atoms with Gasteiger partial charge < -0.3 is 10.6 Å². The van der Waals surface area contributed by atoms with E-state index in [1.165, 1.54) is 6.42 Å². The Balaban J connectivity index is 2.08. The number of rotatable bonds is 2. The van der Waals surface area contributed by atoms with Crippen molar-refractivity contribution in [1.29, 1.82) is 0 Å². The molecular formula is C12H19N3. The van der Waals surface area contributed by atoms with E-state index >= 15 is 0 Å². The van der Waals surface area contributed by atoms with E-state index in [4.69, 9.17) is 5.73 Å². The van der Waals surface area contributed by atoms with Crippen LogP contribution in [0.25, 0.3) is 0 Å². The molecule has 2 heterocycles. The zero-order chi connectivity index (χ0) is 10.8. The molecule has 2 unspecified atom stereocenters. The molecule has 1 aromatic heterocycles. The highest BCUT2D eigenvalue weighted by Crippen LogP contribution is 2.23. The molecule has 3 heteroatoms. The van der Waals surface area contributed by atoms with Crippen molar-refractivity contribution in [3.63, 3.8) is 0 Å². The molecule has 1 aliphatic heterocycles. The Morgan fingerprint density at radius 2 is 2.33 bits per heavy atom. The van der Waals surface area contributed by atoms with Crippen molar-refractivity contribution in [1.82, 2.24) is 4.98 Å². The molecule has 0 spiro atoms. The van der Waals surface area contributed by atoms with Crippen LogP contribution >= 0.6 is 0 Å². The third-order valence-electron chi connectivity index (χ3n) is 3.17. The Bertz CT molecular complexity index is 335. The van der Waals surface area contributed by atoms with Gasteiger partial charge in [-0.25, -0.2) is 4.98 Å². The number of aromatic nitrogens is 1. The van der Waals surface area contributed by atoms with Crippen molar-refractivity contribution < 1.29 is 0 Å². The molecule has 1 fully saturated rings. The van der Waals surface area contributed by atoms with Crippen LogP contribution in [0.1, 0.15) is 19.0 Å². The van der Waals surface area contributed by atoms with Crippen LogP contribution in [0.15, 0.2) is 18.2 Å². The largest absolute Gasteiger partial charge is 0.356 e. The first kappa shape index (κ1) is 10.4. The van der Waals surface area contributed by atoms with Gasteiger partial charge in [0.05, 0.1) is 0 Å². The minimum absolute atomic E-state index is 0.291. The predicted octanol–water partition coefficient (Wildman–Crippen LogP) is 1.56. The first-order chi connectivity index (χ1) is 7.16. The molecule has 1 aliphatic rings. The Morgan fingerprint density at radius 3 is 2.93 bits per heavy atom. The minimum Gasteiger partial charge on any atom is -0.356 e. The van der Waals surface area contributed by atoms with E-state index < -0.39 is 0 Å². The smallest absolute Gasteiger partial charge is 0.128 e. The fourth-order valence-corrected chi connectivity index (χ4v) is 2.13. The van der Waals surface area contributed by atoms with E-state index in [1.807, 2.05) is 13.0 Å². The van der Waals surface area contributed by atoms with E-state index in [1.54, 1.807) is 0 Å². The fourth-order valence-electron chi connectivity index (χ4n) is 2.13. The highest BCUT2D eigenvalue weighted by molar-refractivity contribution is 5.40. The zero-order valence-corrected chi connectivity index (χ0v) is 9.48. The first-order valence-corrected chi connectivity index (χ1v) is 5.61. The number of aryl methyl sites for hydroxylation is 1. The SMILES string of the molecule is Cc1cccc(N2CCC(C(C)N)C2)n1. The molecule has 1 aromatic rings. The fraction of sp³-hybridized carbons (Fsp3) is 0.583. The van der Waals surface area contributed by atoms with Gasteiger partial charge in [0.15, 0.2) is 0 Å². The van der Waals surface area contributed by atoms with Gasteiger partial charge in [-0.15, -0.1) is 0 Å². The summed E-state index contributed by atoms with van der Waals surface area (Å²) in [5, 5.41) is 0. The van der Waals surface area contributed by atoms with Gasteiger partial charge >= 0.3 is 0 Å². The number of nitrogens with zero attached hydrogens (tertiary/aromatic N) is 2. The summed E-state index contributed by atoms with van der Waals surface area (Å²) < 4.78 is 0. The summed E-state index contributed by atoms with van der Waals surface area (Å²) in [4.78, 5) is 6.87. The number of pyridine rings is 1. The second-order valence-corrected chi connectivity index (χ2v) is 4.49. The Morgan fingerprint density at radius 1 is 1.53 bits per heavy atom. The molecule has 2 atom stereocenters. The van der Waals surface area contributed by atoms with Crippen LogP contribution in [0.3, 0.4) is 0 Å². The van der Waals surface area contributed by atoms with Crippen LogP contribution in [-0.2, 0) is 0 Å². The van der Waals surface area contributed by atoms with Gasteiger partial charge in [-0.2, -0.15) is 0 Å². The maximum atomic E-state index is 5.92. The molecule has 0 saturated carbocycles. The Hall–Kier alpha value is -1.09. The third-order valence-corrected chi connectivity index (χ3v) is 3.17. The molecule has 0 radical (unpaired) electrons. The maximum absolute atomic E-state index is 5.92. The van der Waals surface area contributed by atoms with Crippen LogP contribution < -0.4 is 10.6 Å². The van der Waals surface area contributed by atoms with Gasteiger partial charge in [0, 0.05) is 24.8 Å². The number of anilines is 1. The van der Waals surface area contributed by atoms with E-state index in [-0.39, 0.29) is 0 Å². The molecule has 15 heavy (non-hydrogen) atoms. The summed E-state index contributed by atoms with van der Waals surface area (Å²) in [5.74, 6) is 1.71. The van der Waals surface area contributed by atoms with E-state index in [0.717, 1.165) is 24.6 Å². The summed E-state index contributed by atoms with van der Waals surface area (Å²) in [5.41, 5.74) is 7.00. The standard InChI is InChI=1S/C12H19N3/c1-9-4-3-5-12(14-9)15-7-6-11(8-15)10(2)13/h3-5,10-11H,6-8,13H2,1-2H3. The lowest BCUT2D eigenvalue weighted by atomic mass is 10.0. The van der Waals surface area contributed by atoms with E-state index in [9.17, 15) is 0 Å². The van der Waals surface area contributed by atoms with Gasteiger partial charge in [0.25, 0.3) is 0 Å². The second kappa shape index (κ2) is 4.19. The average Bonchev–Trinajstić information content (AvgIpc) is 2.66. The first-order valence-electron chi connectivity index (χ1n) is 5.61. The van der Waals surface area contributed by atoms with Crippen molar-refractivity contribution >= 4 is 5.82 Å². The molecule has 2 rings (SSSR count). The highest BCUT2D eigenvalue weighted by atomic mass is 15.2. The van der Waals surface area contributed by atoms with Crippen LogP contribution in [0.4, 0.5) is 5.82 Å². The lowest BCUT2D eigenvalue weighted by Gasteiger charge is -2.19. The highest BCUT2D eigenvalue weighted by Gasteiger charge is 2.25. The molecule has 82 valence electrons. The lowest BCUT2D eigenvalue weighted by Crippen LogP contribution is -2.30. The average molecular weight is 205 g/mol. The minimum atomic E-state index is 0.291. The predicted molar refractivity (Wildman–Crippen MR) is 62.9 cm³/mol. The third kappa shape index (κ3) is 2.29. The number of nitrogens with two attached hydrogens (primary N) is 1. The maximum Gasteiger partial charge on any atom is 0.128 e. The normalized spacial score (nSPS) is 23.1. The molecule has 0 amide bonds. The van der Waals surface area contributed by atoms with Crippen molar-refractivity contribution in [2.24, 2.45) is 11.7 Å². The zero-order valence-electron chi connectivity index (χ0n) is 9.48. The monoisotopic (exact) mass is 205 g/mol. The molecule has 0 aromatic carbocycles. The summed E-state index contributed by atoms with van der Waals surface area (Å²) in [6, 6.07) is 6.47. The van der Waals surface area contributed by atoms with Crippen molar-refractivity contribution in [3.05, 3.63) is 23.9 Å². The summed E-state index contributed by atoms with van der Waals surface area (Å²) in [6.45, 7) is 6.26.